The molecule has 0 atom stereocenters. The Bertz CT molecular complexity index is 586. The van der Waals surface area contributed by atoms with E-state index in [1.165, 1.54) is 0 Å². The predicted molar refractivity (Wildman–Crippen MR) is 69.0 cm³/mol. The molecule has 0 aliphatic carbocycles. The molecule has 0 radical (unpaired) electrons. The fourth-order valence-electron chi connectivity index (χ4n) is 1.59. The summed E-state index contributed by atoms with van der Waals surface area (Å²) in [5, 5.41) is 0. The van der Waals surface area contributed by atoms with Gasteiger partial charge in [0.15, 0.2) is 11.6 Å². The summed E-state index contributed by atoms with van der Waals surface area (Å²) in [5.74, 6) is 1.86. The number of rotatable bonds is 3. The van der Waals surface area contributed by atoms with Gasteiger partial charge in [0.1, 0.15) is 10.2 Å². The SMILES string of the molecule is CCCc1nc(-c2ccc(C)o2)[nH]c(=O)c1Br. The van der Waals surface area contributed by atoms with E-state index in [2.05, 4.69) is 25.9 Å². The molecule has 1 N–H and O–H groups in total. The zero-order chi connectivity index (χ0) is 12.4. The maximum atomic E-state index is 11.7. The van der Waals surface area contributed by atoms with Gasteiger partial charge in [-0.25, -0.2) is 4.98 Å². The number of hydrogen-bond acceptors (Lipinski definition) is 3. The van der Waals surface area contributed by atoms with Gasteiger partial charge in [-0.3, -0.25) is 4.79 Å². The lowest BCUT2D eigenvalue weighted by Crippen LogP contribution is -2.13. The Balaban J connectivity index is 2.52. The van der Waals surface area contributed by atoms with Crippen LogP contribution >= 0.6 is 15.9 Å². The van der Waals surface area contributed by atoms with Gasteiger partial charge in [-0.1, -0.05) is 13.3 Å². The van der Waals surface area contributed by atoms with Crippen molar-refractivity contribution in [2.75, 3.05) is 0 Å². The van der Waals surface area contributed by atoms with Crippen molar-refractivity contribution in [3.63, 3.8) is 0 Å². The van der Waals surface area contributed by atoms with E-state index in [0.717, 1.165) is 24.3 Å². The van der Waals surface area contributed by atoms with Crippen molar-refractivity contribution in [1.82, 2.24) is 9.97 Å². The van der Waals surface area contributed by atoms with E-state index >= 15 is 0 Å². The average Bonchev–Trinajstić information content (AvgIpc) is 2.71. The lowest BCUT2D eigenvalue weighted by molar-refractivity contribution is 0.543. The molecular formula is C12H13BrN2O2. The number of aromatic amines is 1. The summed E-state index contributed by atoms with van der Waals surface area (Å²) < 4.78 is 5.96. The standard InChI is InChI=1S/C12H13BrN2O2/c1-3-4-8-10(13)12(16)15-11(14-8)9-6-5-7(2)17-9/h5-6H,3-4H2,1-2H3,(H,14,15,16). The first-order chi connectivity index (χ1) is 8.11. The number of hydrogen-bond donors (Lipinski definition) is 1. The van der Waals surface area contributed by atoms with Gasteiger partial charge in [0.2, 0.25) is 0 Å². The van der Waals surface area contributed by atoms with Gasteiger partial charge in [0.25, 0.3) is 5.56 Å². The molecule has 90 valence electrons. The second-order valence-corrected chi connectivity index (χ2v) is 4.63. The van der Waals surface area contributed by atoms with Gasteiger partial charge < -0.3 is 9.40 Å². The van der Waals surface area contributed by atoms with E-state index in [9.17, 15) is 4.79 Å². The van der Waals surface area contributed by atoms with Crippen molar-refractivity contribution < 1.29 is 4.42 Å². The smallest absolute Gasteiger partial charge is 0.265 e. The average molecular weight is 297 g/mol. The second kappa shape index (κ2) is 4.87. The van der Waals surface area contributed by atoms with Crippen molar-refractivity contribution in [3.8, 4) is 11.6 Å². The summed E-state index contributed by atoms with van der Waals surface area (Å²) in [6.07, 6.45) is 1.70. The fourth-order valence-corrected chi connectivity index (χ4v) is 1.97. The van der Waals surface area contributed by atoms with Crippen molar-refractivity contribution in [1.29, 1.82) is 0 Å². The molecule has 2 rings (SSSR count). The van der Waals surface area contributed by atoms with E-state index < -0.39 is 0 Å². The quantitative estimate of drug-likeness (QED) is 0.947. The lowest BCUT2D eigenvalue weighted by Gasteiger charge is -2.03. The largest absolute Gasteiger partial charge is 0.458 e. The van der Waals surface area contributed by atoms with E-state index in [1.54, 1.807) is 6.07 Å². The monoisotopic (exact) mass is 296 g/mol. The zero-order valence-corrected chi connectivity index (χ0v) is 11.3. The molecule has 17 heavy (non-hydrogen) atoms. The molecule has 4 nitrogen and oxygen atoms in total. The number of H-pyrrole nitrogens is 1. The van der Waals surface area contributed by atoms with Gasteiger partial charge in [-0.05, 0) is 41.4 Å². The van der Waals surface area contributed by atoms with Crippen LogP contribution in [-0.2, 0) is 6.42 Å². The number of aromatic nitrogens is 2. The van der Waals surface area contributed by atoms with Crippen LogP contribution in [0, 0.1) is 6.92 Å². The second-order valence-electron chi connectivity index (χ2n) is 3.84. The molecule has 0 unspecified atom stereocenters. The topological polar surface area (TPSA) is 58.9 Å². The molecule has 0 saturated carbocycles. The molecule has 0 aliphatic heterocycles. The molecule has 0 amide bonds. The van der Waals surface area contributed by atoms with Crippen LogP contribution in [0.5, 0.6) is 0 Å². The molecule has 0 bridgehead atoms. The number of aryl methyl sites for hydroxylation is 2. The molecule has 0 fully saturated rings. The normalized spacial score (nSPS) is 10.8. The van der Waals surface area contributed by atoms with Crippen molar-refractivity contribution in [2.45, 2.75) is 26.7 Å². The number of furan rings is 1. The van der Waals surface area contributed by atoms with E-state index in [0.29, 0.717) is 16.1 Å². The Hall–Kier alpha value is -1.36. The summed E-state index contributed by atoms with van der Waals surface area (Å²) in [6.45, 7) is 3.90. The van der Waals surface area contributed by atoms with E-state index in [1.807, 2.05) is 19.9 Å². The lowest BCUT2D eigenvalue weighted by atomic mass is 10.2. The van der Waals surface area contributed by atoms with Gasteiger partial charge in [-0.15, -0.1) is 0 Å². The highest BCUT2D eigenvalue weighted by Crippen LogP contribution is 2.19. The molecule has 0 aromatic carbocycles. The Morgan fingerprint density at radius 1 is 1.47 bits per heavy atom. The minimum Gasteiger partial charge on any atom is -0.458 e. The van der Waals surface area contributed by atoms with Crippen LogP contribution in [0.25, 0.3) is 11.6 Å². The molecule has 5 heteroatoms. The zero-order valence-electron chi connectivity index (χ0n) is 9.71. The Morgan fingerprint density at radius 3 is 2.82 bits per heavy atom. The third-order valence-corrected chi connectivity index (χ3v) is 3.21. The first-order valence-corrected chi connectivity index (χ1v) is 6.26. The highest BCUT2D eigenvalue weighted by molar-refractivity contribution is 9.10. The van der Waals surface area contributed by atoms with Gasteiger partial charge >= 0.3 is 0 Å². The van der Waals surface area contributed by atoms with Crippen LogP contribution in [0.15, 0.2) is 25.8 Å². The Labute approximate surface area is 107 Å². The minimum atomic E-state index is -0.174. The predicted octanol–water partition coefficient (Wildman–Crippen LogP) is 3.05. The first kappa shape index (κ1) is 12.1. The number of nitrogens with one attached hydrogen (secondary N) is 1. The Kier molecular flexibility index (Phi) is 3.47. The van der Waals surface area contributed by atoms with E-state index in [4.69, 9.17) is 4.42 Å². The summed E-state index contributed by atoms with van der Waals surface area (Å²) in [5.41, 5.74) is 0.591. The molecule has 2 aromatic rings. The fraction of sp³-hybridized carbons (Fsp3) is 0.333. The maximum Gasteiger partial charge on any atom is 0.265 e. The molecule has 0 saturated heterocycles. The summed E-state index contributed by atoms with van der Waals surface area (Å²) in [7, 11) is 0. The molecular weight excluding hydrogens is 284 g/mol. The van der Waals surface area contributed by atoms with Gasteiger partial charge in [0.05, 0.1) is 5.69 Å². The minimum absolute atomic E-state index is 0.174. The molecule has 0 aliphatic rings. The van der Waals surface area contributed by atoms with Crippen LogP contribution in [0.2, 0.25) is 0 Å². The van der Waals surface area contributed by atoms with Crippen LogP contribution in [0.1, 0.15) is 24.8 Å². The highest BCUT2D eigenvalue weighted by Gasteiger charge is 2.11. The molecule has 2 aromatic heterocycles. The van der Waals surface area contributed by atoms with Gasteiger partial charge in [-0.2, -0.15) is 0 Å². The summed E-state index contributed by atoms with van der Waals surface area (Å²) in [4.78, 5) is 18.8. The molecule has 2 heterocycles. The third-order valence-electron chi connectivity index (χ3n) is 2.39. The van der Waals surface area contributed by atoms with Crippen LogP contribution in [-0.4, -0.2) is 9.97 Å². The summed E-state index contributed by atoms with van der Waals surface area (Å²) >= 11 is 3.26. The maximum absolute atomic E-state index is 11.7. The van der Waals surface area contributed by atoms with Crippen LogP contribution in [0.3, 0.4) is 0 Å². The number of nitrogens with zero attached hydrogens (tertiary/aromatic N) is 1. The Morgan fingerprint density at radius 2 is 2.24 bits per heavy atom. The third kappa shape index (κ3) is 2.49. The van der Waals surface area contributed by atoms with E-state index in [-0.39, 0.29) is 5.56 Å². The van der Waals surface area contributed by atoms with Crippen molar-refractivity contribution >= 4 is 15.9 Å². The van der Waals surface area contributed by atoms with Crippen LogP contribution in [0.4, 0.5) is 0 Å². The highest BCUT2D eigenvalue weighted by atomic mass is 79.9. The molecule has 0 spiro atoms. The summed E-state index contributed by atoms with van der Waals surface area (Å²) in [6, 6.07) is 3.65. The van der Waals surface area contributed by atoms with Crippen molar-refractivity contribution in [2.24, 2.45) is 0 Å². The van der Waals surface area contributed by atoms with Crippen LogP contribution < -0.4 is 5.56 Å². The number of halogens is 1. The first-order valence-electron chi connectivity index (χ1n) is 5.47. The van der Waals surface area contributed by atoms with Crippen molar-refractivity contribution in [3.05, 3.63) is 38.4 Å². The van der Waals surface area contributed by atoms with Gasteiger partial charge in [0, 0.05) is 0 Å².